The molecule has 1 amide bonds. The van der Waals surface area contributed by atoms with E-state index >= 15 is 0 Å². The number of fused-ring (bicyclic) bond motifs is 2. The fourth-order valence-corrected chi connectivity index (χ4v) is 3.46. The third kappa shape index (κ3) is 3.43. The van der Waals surface area contributed by atoms with Gasteiger partial charge in [-0.05, 0) is 32.0 Å². The van der Waals surface area contributed by atoms with Crippen LogP contribution >= 0.6 is 11.6 Å². The summed E-state index contributed by atoms with van der Waals surface area (Å²) in [5.41, 5.74) is 1.36. The first-order chi connectivity index (χ1) is 13.6. The minimum atomic E-state index is -0.326. The van der Waals surface area contributed by atoms with Crippen molar-refractivity contribution in [3.05, 3.63) is 59.3 Å². The fourth-order valence-electron chi connectivity index (χ4n) is 3.27. The number of hydrazone groups is 1. The molecule has 142 valence electrons. The van der Waals surface area contributed by atoms with Gasteiger partial charge >= 0.3 is 0 Å². The highest BCUT2D eigenvalue weighted by Crippen LogP contribution is 2.26. The standard InChI is InChI=1S/C21H19ClN4O2/c1-3-28-16-9-8-14-10-15(20(22)25-19(14)11-16)12-23-26-13(2)24-18-7-5-4-6-17(18)21(26)27/h4-12,17-18H,3H2,1-2H3/b23-12-/t17-,18+/m0/s1. The van der Waals surface area contributed by atoms with Crippen molar-refractivity contribution in [2.24, 2.45) is 16.0 Å². The number of ether oxygens (including phenoxy) is 1. The monoisotopic (exact) mass is 394 g/mol. The quantitative estimate of drug-likeness (QED) is 0.581. The van der Waals surface area contributed by atoms with Crippen molar-refractivity contribution < 1.29 is 9.53 Å². The van der Waals surface area contributed by atoms with Crippen molar-refractivity contribution in [3.63, 3.8) is 0 Å². The molecule has 2 heterocycles. The maximum Gasteiger partial charge on any atom is 0.257 e. The summed E-state index contributed by atoms with van der Waals surface area (Å²) >= 11 is 6.34. The Labute approximate surface area is 167 Å². The highest BCUT2D eigenvalue weighted by atomic mass is 35.5. The van der Waals surface area contributed by atoms with Crippen molar-refractivity contribution in [1.29, 1.82) is 0 Å². The summed E-state index contributed by atoms with van der Waals surface area (Å²) in [6, 6.07) is 7.38. The molecule has 0 saturated carbocycles. The van der Waals surface area contributed by atoms with Crippen LogP contribution in [-0.4, -0.2) is 40.6 Å². The number of aliphatic imine (C=N–C) groups is 1. The van der Waals surface area contributed by atoms with Crippen LogP contribution in [0.4, 0.5) is 0 Å². The molecule has 1 aromatic heterocycles. The molecule has 0 spiro atoms. The summed E-state index contributed by atoms with van der Waals surface area (Å²) in [5, 5.41) is 6.88. The van der Waals surface area contributed by atoms with Crippen molar-refractivity contribution >= 4 is 40.5 Å². The second-order valence-electron chi connectivity index (χ2n) is 6.51. The van der Waals surface area contributed by atoms with Crippen LogP contribution in [-0.2, 0) is 4.79 Å². The van der Waals surface area contributed by atoms with Crippen LogP contribution in [0.1, 0.15) is 19.4 Å². The lowest BCUT2D eigenvalue weighted by Gasteiger charge is -2.30. The van der Waals surface area contributed by atoms with Gasteiger partial charge in [-0.3, -0.25) is 9.79 Å². The molecule has 0 bridgehead atoms. The predicted molar refractivity (Wildman–Crippen MR) is 111 cm³/mol. The SMILES string of the molecule is CCOc1ccc2cc(/C=N\N3C(=O)[C@H]4C=CC=C[C@H]4N=C3C)c(Cl)nc2c1. The fraction of sp³-hybridized carbons (Fsp3) is 0.238. The number of benzene rings is 1. The summed E-state index contributed by atoms with van der Waals surface area (Å²) in [7, 11) is 0. The average molecular weight is 395 g/mol. The van der Waals surface area contributed by atoms with Gasteiger partial charge in [0.25, 0.3) is 5.91 Å². The van der Waals surface area contributed by atoms with E-state index in [-0.39, 0.29) is 17.9 Å². The Morgan fingerprint density at radius 2 is 2.11 bits per heavy atom. The van der Waals surface area contributed by atoms with Gasteiger partial charge in [-0.2, -0.15) is 10.1 Å². The summed E-state index contributed by atoms with van der Waals surface area (Å²) < 4.78 is 5.50. The zero-order valence-electron chi connectivity index (χ0n) is 15.5. The predicted octanol–water partition coefficient (Wildman–Crippen LogP) is 3.99. The maximum absolute atomic E-state index is 12.8. The lowest BCUT2D eigenvalue weighted by Crippen LogP contribution is -2.44. The van der Waals surface area contributed by atoms with Crippen LogP contribution in [0.5, 0.6) is 5.75 Å². The molecule has 0 fully saturated rings. The van der Waals surface area contributed by atoms with Gasteiger partial charge in [0.15, 0.2) is 0 Å². The number of carbonyl (C=O) groups is 1. The van der Waals surface area contributed by atoms with Gasteiger partial charge in [-0.15, -0.1) is 0 Å². The van der Waals surface area contributed by atoms with Gasteiger partial charge in [0, 0.05) is 17.0 Å². The number of pyridine rings is 1. The van der Waals surface area contributed by atoms with Gasteiger partial charge in [-0.25, -0.2) is 4.98 Å². The molecule has 2 aliphatic rings. The van der Waals surface area contributed by atoms with Crippen LogP contribution in [0, 0.1) is 5.92 Å². The first-order valence-electron chi connectivity index (χ1n) is 9.07. The van der Waals surface area contributed by atoms with Gasteiger partial charge < -0.3 is 4.74 Å². The lowest BCUT2D eigenvalue weighted by atomic mass is 9.93. The molecule has 28 heavy (non-hydrogen) atoms. The Morgan fingerprint density at radius 3 is 2.93 bits per heavy atom. The van der Waals surface area contributed by atoms with E-state index in [1.54, 1.807) is 13.1 Å². The first kappa shape index (κ1) is 18.4. The van der Waals surface area contributed by atoms with Crippen molar-refractivity contribution in [1.82, 2.24) is 9.99 Å². The Morgan fingerprint density at radius 1 is 1.29 bits per heavy atom. The highest BCUT2D eigenvalue weighted by Gasteiger charge is 2.35. The van der Waals surface area contributed by atoms with E-state index in [0.717, 1.165) is 16.7 Å². The molecule has 1 aromatic carbocycles. The average Bonchev–Trinajstić information content (AvgIpc) is 2.68. The van der Waals surface area contributed by atoms with Crippen molar-refractivity contribution in [2.75, 3.05) is 6.61 Å². The van der Waals surface area contributed by atoms with E-state index in [9.17, 15) is 4.79 Å². The van der Waals surface area contributed by atoms with Crippen LogP contribution in [0.15, 0.2) is 58.7 Å². The third-order valence-corrected chi connectivity index (χ3v) is 4.94. The number of hydrogen-bond donors (Lipinski definition) is 0. The van der Waals surface area contributed by atoms with Crippen LogP contribution in [0.2, 0.25) is 5.15 Å². The molecule has 4 rings (SSSR count). The number of nitrogens with zero attached hydrogens (tertiary/aromatic N) is 4. The molecule has 2 aromatic rings. The Balaban J connectivity index is 1.63. The third-order valence-electron chi connectivity index (χ3n) is 4.64. The van der Waals surface area contributed by atoms with E-state index in [2.05, 4.69) is 15.1 Å². The van der Waals surface area contributed by atoms with E-state index in [1.807, 2.05) is 55.5 Å². The second kappa shape index (κ2) is 7.56. The highest BCUT2D eigenvalue weighted by molar-refractivity contribution is 6.32. The van der Waals surface area contributed by atoms with Crippen LogP contribution in [0.25, 0.3) is 10.9 Å². The number of amidine groups is 1. The number of amides is 1. The van der Waals surface area contributed by atoms with Crippen LogP contribution in [0.3, 0.4) is 0 Å². The smallest absolute Gasteiger partial charge is 0.257 e. The molecular formula is C21H19ClN4O2. The molecule has 0 unspecified atom stereocenters. The zero-order chi connectivity index (χ0) is 19.7. The summed E-state index contributed by atoms with van der Waals surface area (Å²) in [4.78, 5) is 21.8. The van der Waals surface area contributed by atoms with Crippen molar-refractivity contribution in [2.45, 2.75) is 19.9 Å². The van der Waals surface area contributed by atoms with Gasteiger partial charge in [0.05, 0.1) is 30.3 Å². The van der Waals surface area contributed by atoms with E-state index in [4.69, 9.17) is 16.3 Å². The van der Waals surface area contributed by atoms with Crippen molar-refractivity contribution in [3.8, 4) is 5.75 Å². The Bertz CT molecular complexity index is 1060. The van der Waals surface area contributed by atoms with Gasteiger partial charge in [0.1, 0.15) is 16.7 Å². The molecule has 0 N–H and O–H groups in total. The van der Waals surface area contributed by atoms with E-state index in [1.165, 1.54) is 5.01 Å². The molecule has 2 atom stereocenters. The van der Waals surface area contributed by atoms with Gasteiger partial charge in [-0.1, -0.05) is 35.9 Å². The Hall–Kier alpha value is -2.99. The number of aromatic nitrogens is 1. The van der Waals surface area contributed by atoms with E-state index < -0.39 is 0 Å². The number of allylic oxidation sites excluding steroid dienone is 2. The van der Waals surface area contributed by atoms with E-state index in [0.29, 0.717) is 23.2 Å². The molecule has 7 heteroatoms. The molecule has 0 radical (unpaired) electrons. The molecule has 6 nitrogen and oxygen atoms in total. The summed E-state index contributed by atoms with van der Waals surface area (Å²) in [6.45, 7) is 4.29. The summed E-state index contributed by atoms with van der Waals surface area (Å²) in [5.74, 6) is 0.858. The van der Waals surface area contributed by atoms with Gasteiger partial charge in [0.2, 0.25) is 0 Å². The Kier molecular flexibility index (Phi) is 4.96. The number of halogens is 1. The zero-order valence-corrected chi connectivity index (χ0v) is 16.3. The normalized spacial score (nSPS) is 21.3. The number of carbonyl (C=O) groups excluding carboxylic acids is 1. The molecule has 1 aliphatic heterocycles. The second-order valence-corrected chi connectivity index (χ2v) is 6.87. The first-order valence-corrected chi connectivity index (χ1v) is 9.45. The number of hydrogen-bond acceptors (Lipinski definition) is 5. The molecular weight excluding hydrogens is 376 g/mol. The minimum absolute atomic E-state index is 0.111. The summed E-state index contributed by atoms with van der Waals surface area (Å²) in [6.07, 6.45) is 9.09. The van der Waals surface area contributed by atoms with Crippen LogP contribution < -0.4 is 4.74 Å². The lowest BCUT2D eigenvalue weighted by molar-refractivity contribution is -0.131. The molecule has 1 aliphatic carbocycles. The largest absolute Gasteiger partial charge is 0.494 e. The maximum atomic E-state index is 12.8. The molecule has 0 saturated heterocycles. The minimum Gasteiger partial charge on any atom is -0.494 e. The number of rotatable bonds is 4. The topological polar surface area (TPSA) is 67.2 Å².